The molecule has 12 heavy (non-hydrogen) atoms. The second kappa shape index (κ2) is 3.39. The molecule has 1 unspecified atom stereocenters. The number of benzene rings is 1. The first-order valence-electron chi connectivity index (χ1n) is 3.17. The Bertz CT molecular complexity index is 345. The van der Waals surface area contributed by atoms with E-state index in [2.05, 4.69) is 0 Å². The van der Waals surface area contributed by atoms with Gasteiger partial charge in [0.2, 0.25) is 7.37 Å². The zero-order chi connectivity index (χ0) is 9.35. The van der Waals surface area contributed by atoms with Gasteiger partial charge < -0.3 is 4.89 Å². The molecule has 1 N–H and O–H groups in total. The van der Waals surface area contributed by atoms with Crippen LogP contribution >= 0.6 is 30.6 Å². The molecule has 0 heterocycles. The molecule has 0 saturated heterocycles. The van der Waals surface area contributed by atoms with E-state index in [9.17, 15) is 9.46 Å². The molecule has 1 rings (SSSR count). The van der Waals surface area contributed by atoms with E-state index in [4.69, 9.17) is 23.2 Å². The Kier molecular flexibility index (Phi) is 2.84. The largest absolute Gasteiger partial charge is 0.341 e. The van der Waals surface area contributed by atoms with Gasteiger partial charge >= 0.3 is 0 Å². The lowest BCUT2D eigenvalue weighted by Gasteiger charge is -2.07. The predicted molar refractivity (Wildman–Crippen MR) is 51.8 cm³/mol. The topological polar surface area (TPSA) is 37.3 Å². The van der Waals surface area contributed by atoms with Crippen LogP contribution in [0, 0.1) is 0 Å². The number of halogens is 2. The number of hydrogen-bond donors (Lipinski definition) is 1. The van der Waals surface area contributed by atoms with Crippen molar-refractivity contribution >= 4 is 35.9 Å². The Balaban J connectivity index is 3.28. The fourth-order valence-electron chi connectivity index (χ4n) is 0.818. The van der Waals surface area contributed by atoms with E-state index >= 15 is 0 Å². The Labute approximate surface area is 80.6 Å². The molecule has 66 valence electrons. The van der Waals surface area contributed by atoms with Crippen molar-refractivity contribution in [1.29, 1.82) is 0 Å². The van der Waals surface area contributed by atoms with Crippen molar-refractivity contribution in [2.75, 3.05) is 6.66 Å². The third kappa shape index (κ3) is 2.24. The van der Waals surface area contributed by atoms with Gasteiger partial charge in [-0.2, -0.15) is 0 Å². The van der Waals surface area contributed by atoms with Crippen molar-refractivity contribution < 1.29 is 9.46 Å². The molecule has 0 aliphatic heterocycles. The van der Waals surface area contributed by atoms with Gasteiger partial charge in [-0.05, 0) is 18.2 Å². The molecule has 2 nitrogen and oxygen atoms in total. The Morgan fingerprint density at radius 2 is 2.00 bits per heavy atom. The summed E-state index contributed by atoms with van der Waals surface area (Å²) in [5.41, 5.74) is 0. The maximum Gasteiger partial charge on any atom is 0.228 e. The molecule has 0 amide bonds. The maximum absolute atomic E-state index is 11.2. The van der Waals surface area contributed by atoms with E-state index in [-0.39, 0.29) is 10.3 Å². The van der Waals surface area contributed by atoms with Gasteiger partial charge in [0, 0.05) is 11.7 Å². The van der Waals surface area contributed by atoms with Crippen LogP contribution in [0.25, 0.3) is 0 Å². The maximum atomic E-state index is 11.2. The summed E-state index contributed by atoms with van der Waals surface area (Å²) in [4.78, 5) is 9.19. The Morgan fingerprint density at radius 3 is 2.42 bits per heavy atom. The van der Waals surface area contributed by atoms with Crippen LogP contribution in [0.1, 0.15) is 0 Å². The Hall–Kier alpha value is -0.0100. The molecule has 0 fully saturated rings. The quantitative estimate of drug-likeness (QED) is 0.745. The highest BCUT2D eigenvalue weighted by Crippen LogP contribution is 2.37. The lowest BCUT2D eigenvalue weighted by atomic mass is 10.4. The number of hydrogen-bond acceptors (Lipinski definition) is 1. The summed E-state index contributed by atoms with van der Waals surface area (Å²) in [6, 6.07) is 4.45. The van der Waals surface area contributed by atoms with Crippen LogP contribution in [0.5, 0.6) is 0 Å². The molecular formula is C7H7Cl2O2P. The van der Waals surface area contributed by atoms with Crippen LogP contribution < -0.4 is 5.30 Å². The van der Waals surface area contributed by atoms with E-state index in [1.165, 1.54) is 24.9 Å². The standard InChI is InChI=1S/C7H7Cl2O2P/c1-12(10,11)7-3-2-5(8)4-6(7)9/h2-4H,1H3,(H,10,11). The molecule has 0 bridgehead atoms. The van der Waals surface area contributed by atoms with E-state index in [0.717, 1.165) is 0 Å². The first kappa shape index (κ1) is 10.1. The van der Waals surface area contributed by atoms with E-state index in [1.807, 2.05) is 0 Å². The molecule has 0 aliphatic rings. The first-order chi connectivity index (χ1) is 5.41. The highest BCUT2D eigenvalue weighted by atomic mass is 35.5. The zero-order valence-electron chi connectivity index (χ0n) is 6.29. The van der Waals surface area contributed by atoms with Crippen molar-refractivity contribution in [3.63, 3.8) is 0 Å². The van der Waals surface area contributed by atoms with Crippen molar-refractivity contribution in [3.05, 3.63) is 28.2 Å². The molecule has 0 radical (unpaired) electrons. The summed E-state index contributed by atoms with van der Waals surface area (Å²) < 4.78 is 11.2. The van der Waals surface area contributed by atoms with Crippen molar-refractivity contribution in [2.45, 2.75) is 0 Å². The lowest BCUT2D eigenvalue weighted by Crippen LogP contribution is -2.04. The number of rotatable bonds is 1. The predicted octanol–water partition coefficient (Wildman–Crippen LogP) is 2.52. The van der Waals surface area contributed by atoms with Crippen LogP contribution in [0.4, 0.5) is 0 Å². The molecule has 5 heteroatoms. The summed E-state index contributed by atoms with van der Waals surface area (Å²) in [7, 11) is -3.27. The van der Waals surface area contributed by atoms with E-state index < -0.39 is 7.37 Å². The molecular weight excluding hydrogens is 218 g/mol. The molecule has 1 aromatic rings. The van der Waals surface area contributed by atoms with Crippen molar-refractivity contribution in [2.24, 2.45) is 0 Å². The van der Waals surface area contributed by atoms with Crippen LogP contribution in [-0.2, 0) is 4.57 Å². The first-order valence-corrected chi connectivity index (χ1v) is 6.03. The van der Waals surface area contributed by atoms with Crippen LogP contribution in [0.2, 0.25) is 10.0 Å². The van der Waals surface area contributed by atoms with Gasteiger partial charge in [0.05, 0.1) is 10.3 Å². The van der Waals surface area contributed by atoms with Gasteiger partial charge in [-0.25, -0.2) is 0 Å². The van der Waals surface area contributed by atoms with Crippen LogP contribution in [-0.4, -0.2) is 11.6 Å². The van der Waals surface area contributed by atoms with Gasteiger partial charge in [-0.1, -0.05) is 23.2 Å². The summed E-state index contributed by atoms with van der Waals surface area (Å²) >= 11 is 11.3. The molecule has 0 spiro atoms. The zero-order valence-corrected chi connectivity index (χ0v) is 8.70. The highest BCUT2D eigenvalue weighted by molar-refractivity contribution is 7.65. The minimum absolute atomic E-state index is 0.232. The van der Waals surface area contributed by atoms with E-state index in [1.54, 1.807) is 0 Å². The molecule has 1 atom stereocenters. The van der Waals surface area contributed by atoms with Gasteiger partial charge in [0.1, 0.15) is 0 Å². The third-order valence-corrected chi connectivity index (χ3v) is 3.32. The van der Waals surface area contributed by atoms with E-state index in [0.29, 0.717) is 5.02 Å². The average Bonchev–Trinajstić information content (AvgIpc) is 1.83. The van der Waals surface area contributed by atoms with Gasteiger partial charge in [-0.3, -0.25) is 4.57 Å². The summed E-state index contributed by atoms with van der Waals surface area (Å²) in [6.45, 7) is 1.24. The summed E-state index contributed by atoms with van der Waals surface area (Å²) in [5, 5.41) is 0.932. The van der Waals surface area contributed by atoms with Crippen LogP contribution in [0.3, 0.4) is 0 Å². The second-order valence-electron chi connectivity index (χ2n) is 2.47. The SMILES string of the molecule is CP(=O)(O)c1ccc(Cl)cc1Cl. The molecule has 0 aromatic heterocycles. The fraction of sp³-hybridized carbons (Fsp3) is 0.143. The minimum Gasteiger partial charge on any atom is -0.341 e. The van der Waals surface area contributed by atoms with Gasteiger partial charge in [0.15, 0.2) is 0 Å². The van der Waals surface area contributed by atoms with Crippen molar-refractivity contribution in [1.82, 2.24) is 0 Å². The van der Waals surface area contributed by atoms with Gasteiger partial charge in [0.25, 0.3) is 0 Å². The molecule has 0 aliphatic carbocycles. The third-order valence-electron chi connectivity index (χ3n) is 1.36. The highest BCUT2D eigenvalue weighted by Gasteiger charge is 2.17. The minimum atomic E-state index is -3.27. The second-order valence-corrected chi connectivity index (χ2v) is 5.56. The van der Waals surface area contributed by atoms with Crippen molar-refractivity contribution in [3.8, 4) is 0 Å². The monoisotopic (exact) mass is 224 g/mol. The normalized spacial score (nSPS) is 15.7. The van der Waals surface area contributed by atoms with Gasteiger partial charge in [-0.15, -0.1) is 0 Å². The smallest absolute Gasteiger partial charge is 0.228 e. The molecule has 1 aromatic carbocycles. The lowest BCUT2D eigenvalue weighted by molar-refractivity contribution is 0.496. The Morgan fingerprint density at radius 1 is 1.42 bits per heavy atom. The van der Waals surface area contributed by atoms with Crippen LogP contribution in [0.15, 0.2) is 18.2 Å². The average molecular weight is 225 g/mol. The summed E-state index contributed by atoms with van der Waals surface area (Å²) in [5.74, 6) is 0. The summed E-state index contributed by atoms with van der Waals surface area (Å²) in [6.07, 6.45) is 0. The fourth-order valence-corrected chi connectivity index (χ4v) is 2.51. The molecule has 0 saturated carbocycles.